The molecule has 2 aromatic rings. The first-order valence-corrected chi connectivity index (χ1v) is 9.15. The Kier molecular flexibility index (Phi) is 4.89. The molecule has 1 atom stereocenters. The summed E-state index contributed by atoms with van der Waals surface area (Å²) in [7, 11) is 0. The topological polar surface area (TPSA) is 56.8 Å². The number of fused-ring (bicyclic) bond motifs is 1. The molecule has 26 heavy (non-hydrogen) atoms. The van der Waals surface area contributed by atoms with Gasteiger partial charge in [0.25, 0.3) is 5.91 Å². The number of ether oxygens (including phenoxy) is 3. The summed E-state index contributed by atoms with van der Waals surface area (Å²) in [6.45, 7) is 1.04. The molecule has 0 bridgehead atoms. The highest BCUT2D eigenvalue weighted by Crippen LogP contribution is 2.43. The van der Waals surface area contributed by atoms with Crippen LogP contribution < -0.4 is 19.5 Å². The molecule has 5 nitrogen and oxygen atoms in total. The third kappa shape index (κ3) is 3.88. The van der Waals surface area contributed by atoms with Gasteiger partial charge in [-0.3, -0.25) is 4.79 Å². The zero-order chi connectivity index (χ0) is 17.9. The molecule has 1 saturated carbocycles. The molecule has 1 unspecified atom stereocenters. The molecule has 2 aromatic carbocycles. The van der Waals surface area contributed by atoms with Crippen molar-refractivity contribution in [3.63, 3.8) is 0 Å². The molecule has 6 heteroatoms. The minimum absolute atomic E-state index is 0.0480. The number of benzene rings is 2. The highest BCUT2D eigenvalue weighted by atomic mass is 35.5. The van der Waals surface area contributed by atoms with E-state index >= 15 is 0 Å². The summed E-state index contributed by atoms with van der Waals surface area (Å²) < 4.78 is 16.8. The fourth-order valence-electron chi connectivity index (χ4n) is 3.08. The highest BCUT2D eigenvalue weighted by molar-refractivity contribution is 6.32. The Hall–Kier alpha value is -2.40. The van der Waals surface area contributed by atoms with E-state index in [0.29, 0.717) is 29.9 Å². The van der Waals surface area contributed by atoms with Crippen molar-refractivity contribution in [3.05, 3.63) is 53.1 Å². The minimum atomic E-state index is -0.170. The Morgan fingerprint density at radius 3 is 2.69 bits per heavy atom. The maximum Gasteiger partial charge on any atom is 0.258 e. The molecule has 0 saturated heterocycles. The average Bonchev–Trinajstić information content (AvgIpc) is 3.50. The first-order valence-electron chi connectivity index (χ1n) is 8.77. The molecule has 1 N–H and O–H groups in total. The normalized spacial score (nSPS) is 16.7. The monoisotopic (exact) mass is 373 g/mol. The van der Waals surface area contributed by atoms with E-state index in [9.17, 15) is 4.79 Å². The van der Waals surface area contributed by atoms with E-state index in [4.69, 9.17) is 25.8 Å². The molecule has 1 amide bonds. The molecule has 1 heterocycles. The summed E-state index contributed by atoms with van der Waals surface area (Å²) in [4.78, 5) is 12.4. The molecule has 2 aliphatic rings. The lowest BCUT2D eigenvalue weighted by Crippen LogP contribution is -2.33. The van der Waals surface area contributed by atoms with Crippen molar-refractivity contribution in [3.8, 4) is 17.2 Å². The molecule has 4 rings (SSSR count). The molecule has 1 aliphatic heterocycles. The van der Waals surface area contributed by atoms with Crippen molar-refractivity contribution in [2.24, 2.45) is 5.92 Å². The fourth-order valence-corrected chi connectivity index (χ4v) is 3.27. The number of rotatable bonds is 6. The number of halogens is 1. The van der Waals surface area contributed by atoms with Gasteiger partial charge in [-0.15, -0.1) is 0 Å². The van der Waals surface area contributed by atoms with Crippen LogP contribution in [0, 0.1) is 5.92 Å². The molecule has 0 spiro atoms. The highest BCUT2D eigenvalue weighted by Gasteiger charge is 2.34. The number of hydrogen-bond donors (Lipinski definition) is 1. The minimum Gasteiger partial charge on any atom is -0.486 e. The van der Waals surface area contributed by atoms with Crippen molar-refractivity contribution in [2.45, 2.75) is 18.9 Å². The van der Waals surface area contributed by atoms with Crippen LogP contribution in [0.1, 0.15) is 24.4 Å². The first kappa shape index (κ1) is 17.0. The van der Waals surface area contributed by atoms with Crippen LogP contribution in [-0.2, 0) is 4.79 Å². The lowest BCUT2D eigenvalue weighted by Gasteiger charge is -2.23. The van der Waals surface area contributed by atoms with Crippen molar-refractivity contribution in [2.75, 3.05) is 19.8 Å². The quantitative estimate of drug-likeness (QED) is 0.837. The second-order valence-corrected chi connectivity index (χ2v) is 6.91. The van der Waals surface area contributed by atoms with Gasteiger partial charge in [0.15, 0.2) is 18.1 Å². The second kappa shape index (κ2) is 7.46. The lowest BCUT2D eigenvalue weighted by molar-refractivity contribution is -0.124. The van der Waals surface area contributed by atoms with Gasteiger partial charge >= 0.3 is 0 Å². The third-order valence-corrected chi connectivity index (χ3v) is 4.84. The summed E-state index contributed by atoms with van der Waals surface area (Å²) in [5, 5.41) is 3.58. The molecular weight excluding hydrogens is 354 g/mol. The van der Waals surface area contributed by atoms with E-state index in [-0.39, 0.29) is 18.6 Å². The van der Waals surface area contributed by atoms with Gasteiger partial charge in [-0.2, -0.15) is 0 Å². The molecule has 0 radical (unpaired) electrons. The van der Waals surface area contributed by atoms with E-state index < -0.39 is 0 Å². The number of para-hydroxylation sites is 1. The number of carbonyl (C=O) groups is 1. The summed E-state index contributed by atoms with van der Waals surface area (Å²) in [6, 6.07) is 12.9. The number of carbonyl (C=O) groups excluding carboxylic acids is 1. The van der Waals surface area contributed by atoms with Crippen LogP contribution in [0.4, 0.5) is 0 Å². The van der Waals surface area contributed by atoms with Gasteiger partial charge < -0.3 is 19.5 Å². The van der Waals surface area contributed by atoms with Gasteiger partial charge in [-0.25, -0.2) is 0 Å². The Balaban J connectivity index is 1.42. The Morgan fingerprint density at radius 2 is 1.92 bits per heavy atom. The van der Waals surface area contributed by atoms with E-state index in [1.54, 1.807) is 12.1 Å². The largest absolute Gasteiger partial charge is 0.486 e. The molecule has 1 aliphatic carbocycles. The Morgan fingerprint density at radius 1 is 1.15 bits per heavy atom. The van der Waals surface area contributed by atoms with Gasteiger partial charge in [0, 0.05) is 0 Å². The maximum atomic E-state index is 12.4. The smallest absolute Gasteiger partial charge is 0.258 e. The molecule has 1 fully saturated rings. The maximum absolute atomic E-state index is 12.4. The second-order valence-electron chi connectivity index (χ2n) is 6.50. The van der Waals surface area contributed by atoms with E-state index in [1.165, 1.54) is 0 Å². The van der Waals surface area contributed by atoms with Gasteiger partial charge in [0.2, 0.25) is 0 Å². The predicted octanol–water partition coefficient (Wildman–Crippen LogP) is 3.76. The fraction of sp³-hybridized carbons (Fsp3) is 0.350. The van der Waals surface area contributed by atoms with Crippen LogP contribution in [0.2, 0.25) is 5.02 Å². The zero-order valence-corrected chi connectivity index (χ0v) is 15.0. The first-order chi connectivity index (χ1) is 12.7. The summed E-state index contributed by atoms with van der Waals surface area (Å²) in [6.07, 6.45) is 2.20. The predicted molar refractivity (Wildman–Crippen MR) is 98.0 cm³/mol. The number of amides is 1. The van der Waals surface area contributed by atoms with Gasteiger partial charge in [-0.1, -0.05) is 29.8 Å². The third-order valence-electron chi connectivity index (χ3n) is 4.53. The van der Waals surface area contributed by atoms with E-state index in [1.807, 2.05) is 30.3 Å². The van der Waals surface area contributed by atoms with E-state index in [0.717, 1.165) is 29.9 Å². The van der Waals surface area contributed by atoms with Crippen LogP contribution in [0.25, 0.3) is 0 Å². The van der Waals surface area contributed by atoms with Gasteiger partial charge in [-0.05, 0) is 48.6 Å². The number of hydrogen-bond acceptors (Lipinski definition) is 4. The van der Waals surface area contributed by atoms with E-state index in [2.05, 4.69) is 5.32 Å². The lowest BCUT2D eigenvalue weighted by atomic mass is 10.0. The van der Waals surface area contributed by atoms with Crippen LogP contribution in [0.15, 0.2) is 42.5 Å². The molecule has 136 valence electrons. The van der Waals surface area contributed by atoms with Gasteiger partial charge in [0.05, 0.1) is 11.1 Å². The molecule has 0 aromatic heterocycles. The van der Waals surface area contributed by atoms with Gasteiger partial charge in [0.1, 0.15) is 19.0 Å². The van der Waals surface area contributed by atoms with Crippen molar-refractivity contribution in [1.82, 2.24) is 5.32 Å². The SMILES string of the molecule is O=C(COc1ccccc1Cl)NC(c1ccc2c(c1)OCCO2)C1CC1. The Bertz CT molecular complexity index is 806. The van der Waals surface area contributed by atoms with Crippen LogP contribution in [0.5, 0.6) is 17.2 Å². The Labute approximate surface area is 157 Å². The van der Waals surface area contributed by atoms with Crippen molar-refractivity contribution >= 4 is 17.5 Å². The van der Waals surface area contributed by atoms with Crippen LogP contribution in [0.3, 0.4) is 0 Å². The standard InChI is InChI=1S/C20H20ClNO4/c21-15-3-1-2-4-16(15)26-12-19(23)22-20(13-5-6-13)14-7-8-17-18(11-14)25-10-9-24-17/h1-4,7-8,11,13,20H,5-6,9-10,12H2,(H,22,23). The van der Waals surface area contributed by atoms with Crippen molar-refractivity contribution in [1.29, 1.82) is 0 Å². The van der Waals surface area contributed by atoms with Crippen LogP contribution >= 0.6 is 11.6 Å². The summed E-state index contributed by atoms with van der Waals surface area (Å²) in [5.41, 5.74) is 1.03. The number of nitrogens with one attached hydrogen (secondary N) is 1. The summed E-state index contributed by atoms with van der Waals surface area (Å²) in [5.74, 6) is 2.27. The zero-order valence-electron chi connectivity index (χ0n) is 14.2. The molecular formula is C20H20ClNO4. The summed E-state index contributed by atoms with van der Waals surface area (Å²) >= 11 is 6.05. The van der Waals surface area contributed by atoms with Crippen LogP contribution in [-0.4, -0.2) is 25.7 Å². The average molecular weight is 374 g/mol. The van der Waals surface area contributed by atoms with Crippen molar-refractivity contribution < 1.29 is 19.0 Å².